The van der Waals surface area contributed by atoms with Crippen LogP contribution in [0.1, 0.15) is 11.6 Å². The molecule has 1 heterocycles. The summed E-state index contributed by atoms with van der Waals surface area (Å²) < 4.78 is 4.79. The van der Waals surface area contributed by atoms with E-state index in [-0.39, 0.29) is 0 Å². The Hall–Kier alpha value is -2.63. The Bertz CT molecular complexity index is 542. The second-order valence-electron chi connectivity index (χ2n) is 3.85. The molecule has 1 unspecified atom stereocenters. The van der Waals surface area contributed by atoms with E-state index in [1.54, 1.807) is 12.1 Å². The topological polar surface area (TPSA) is 90.1 Å². The Labute approximate surface area is 110 Å². The van der Waals surface area contributed by atoms with Crippen LogP contribution >= 0.6 is 0 Å². The number of methoxy groups -OCH3 is 1. The fourth-order valence-corrected chi connectivity index (χ4v) is 1.61. The average Bonchev–Trinajstić information content (AvgIpc) is 2.47. The van der Waals surface area contributed by atoms with Crippen molar-refractivity contribution in [2.75, 3.05) is 18.2 Å². The molecule has 1 aromatic carbocycles. The highest BCUT2D eigenvalue weighted by atomic mass is 16.5. The van der Waals surface area contributed by atoms with E-state index in [0.717, 1.165) is 5.56 Å². The van der Waals surface area contributed by atoms with Gasteiger partial charge in [-0.25, -0.2) is 4.79 Å². The van der Waals surface area contributed by atoms with Crippen LogP contribution in [-0.4, -0.2) is 23.3 Å². The first-order chi connectivity index (χ1) is 9.20. The summed E-state index contributed by atoms with van der Waals surface area (Å²) in [6.45, 7) is 0. The van der Waals surface area contributed by atoms with Crippen molar-refractivity contribution in [2.45, 2.75) is 6.04 Å². The number of carbonyl (C=O) groups is 1. The molecule has 0 fully saturated rings. The predicted molar refractivity (Wildman–Crippen MR) is 71.3 cm³/mol. The lowest BCUT2D eigenvalue weighted by molar-refractivity contribution is -0.141. The van der Waals surface area contributed by atoms with Crippen molar-refractivity contribution < 1.29 is 9.53 Å². The van der Waals surface area contributed by atoms with Gasteiger partial charge in [0, 0.05) is 0 Å². The summed E-state index contributed by atoms with van der Waals surface area (Å²) in [4.78, 5) is 11.8. The molecule has 0 aliphatic rings. The molecule has 19 heavy (non-hydrogen) atoms. The lowest BCUT2D eigenvalue weighted by atomic mass is 10.1. The van der Waals surface area contributed by atoms with Crippen LogP contribution in [0.4, 0.5) is 11.6 Å². The van der Waals surface area contributed by atoms with Gasteiger partial charge in [-0.15, -0.1) is 10.2 Å². The first-order valence-electron chi connectivity index (χ1n) is 5.69. The molecule has 1 atom stereocenters. The summed E-state index contributed by atoms with van der Waals surface area (Å²) in [6, 6.07) is 11.9. The maximum Gasteiger partial charge on any atom is 0.333 e. The van der Waals surface area contributed by atoms with Gasteiger partial charge < -0.3 is 15.8 Å². The van der Waals surface area contributed by atoms with Crippen molar-refractivity contribution in [3.05, 3.63) is 48.0 Å². The van der Waals surface area contributed by atoms with E-state index in [2.05, 4.69) is 15.5 Å². The van der Waals surface area contributed by atoms with Gasteiger partial charge in [0.25, 0.3) is 0 Å². The number of nitrogens with two attached hydrogens (primary N) is 1. The standard InChI is InChI=1S/C13H14N4O2/c1-19-13(18)12(9-5-3-2-4-6-9)15-11-8-7-10(14)16-17-11/h2-8,12H,1H3,(H2,14,16)(H,15,17). The molecule has 0 spiro atoms. The van der Waals surface area contributed by atoms with Crippen LogP contribution in [0.25, 0.3) is 0 Å². The average molecular weight is 258 g/mol. The van der Waals surface area contributed by atoms with Gasteiger partial charge in [-0.3, -0.25) is 0 Å². The smallest absolute Gasteiger partial charge is 0.333 e. The molecule has 0 aliphatic heterocycles. The van der Waals surface area contributed by atoms with E-state index in [1.165, 1.54) is 7.11 Å². The van der Waals surface area contributed by atoms with E-state index >= 15 is 0 Å². The number of carbonyl (C=O) groups excluding carboxylic acids is 1. The molecule has 0 saturated carbocycles. The number of hydrogen-bond acceptors (Lipinski definition) is 6. The van der Waals surface area contributed by atoms with Crippen molar-refractivity contribution in [2.24, 2.45) is 0 Å². The largest absolute Gasteiger partial charge is 0.467 e. The SMILES string of the molecule is COC(=O)C(Nc1ccc(N)nn1)c1ccccc1. The molecule has 0 radical (unpaired) electrons. The molecule has 0 saturated heterocycles. The number of rotatable bonds is 4. The van der Waals surface area contributed by atoms with Gasteiger partial charge in [-0.05, 0) is 17.7 Å². The third-order valence-corrected chi connectivity index (χ3v) is 2.55. The Morgan fingerprint density at radius 3 is 2.53 bits per heavy atom. The predicted octanol–water partition coefficient (Wildman–Crippen LogP) is 1.38. The lowest BCUT2D eigenvalue weighted by Crippen LogP contribution is -2.23. The monoisotopic (exact) mass is 258 g/mol. The lowest BCUT2D eigenvalue weighted by Gasteiger charge is -2.16. The Morgan fingerprint density at radius 2 is 1.95 bits per heavy atom. The summed E-state index contributed by atoms with van der Waals surface area (Å²) >= 11 is 0. The highest BCUT2D eigenvalue weighted by Crippen LogP contribution is 2.19. The van der Waals surface area contributed by atoms with Crippen molar-refractivity contribution in [1.82, 2.24) is 10.2 Å². The maximum atomic E-state index is 11.8. The van der Waals surface area contributed by atoms with Crippen molar-refractivity contribution in [3.8, 4) is 0 Å². The molecule has 0 bridgehead atoms. The minimum absolute atomic E-state index is 0.319. The van der Waals surface area contributed by atoms with Crippen molar-refractivity contribution in [1.29, 1.82) is 0 Å². The number of anilines is 2. The van der Waals surface area contributed by atoms with Crippen LogP contribution in [0.3, 0.4) is 0 Å². The molecule has 1 aromatic heterocycles. The molecule has 6 nitrogen and oxygen atoms in total. The fraction of sp³-hybridized carbons (Fsp3) is 0.154. The number of benzene rings is 1. The number of nitrogens with zero attached hydrogens (tertiary/aromatic N) is 2. The molecule has 6 heteroatoms. The number of nitrogen functional groups attached to an aromatic ring is 1. The molecule has 2 rings (SSSR count). The van der Waals surface area contributed by atoms with Gasteiger partial charge in [0.1, 0.15) is 11.6 Å². The van der Waals surface area contributed by atoms with Crippen molar-refractivity contribution >= 4 is 17.6 Å². The zero-order valence-corrected chi connectivity index (χ0v) is 10.4. The van der Waals surface area contributed by atoms with Crippen LogP contribution in [-0.2, 0) is 9.53 Å². The van der Waals surface area contributed by atoms with Crippen LogP contribution < -0.4 is 11.1 Å². The summed E-state index contributed by atoms with van der Waals surface area (Å²) in [6.07, 6.45) is 0. The first-order valence-corrected chi connectivity index (χ1v) is 5.69. The molecule has 0 aliphatic carbocycles. The van der Waals surface area contributed by atoms with Gasteiger partial charge in [0.05, 0.1) is 7.11 Å². The molecule has 98 valence electrons. The third-order valence-electron chi connectivity index (χ3n) is 2.55. The number of aromatic nitrogens is 2. The minimum Gasteiger partial charge on any atom is -0.467 e. The number of ether oxygens (including phenoxy) is 1. The van der Waals surface area contributed by atoms with Gasteiger partial charge in [0.15, 0.2) is 6.04 Å². The van der Waals surface area contributed by atoms with E-state index in [1.807, 2.05) is 30.3 Å². The highest BCUT2D eigenvalue weighted by Gasteiger charge is 2.21. The maximum absolute atomic E-state index is 11.8. The fourth-order valence-electron chi connectivity index (χ4n) is 1.61. The Kier molecular flexibility index (Phi) is 3.92. The highest BCUT2D eigenvalue weighted by molar-refractivity contribution is 5.80. The van der Waals surface area contributed by atoms with Gasteiger partial charge in [0.2, 0.25) is 0 Å². The van der Waals surface area contributed by atoms with Gasteiger partial charge in [-0.2, -0.15) is 0 Å². The molecule has 3 N–H and O–H groups in total. The normalized spacial score (nSPS) is 11.6. The van der Waals surface area contributed by atoms with E-state index in [9.17, 15) is 4.79 Å². The second kappa shape index (κ2) is 5.81. The minimum atomic E-state index is -0.635. The van der Waals surface area contributed by atoms with Crippen LogP contribution in [0.2, 0.25) is 0 Å². The number of nitrogens with one attached hydrogen (secondary N) is 1. The first kappa shape index (κ1) is 12.8. The van der Waals surface area contributed by atoms with E-state index < -0.39 is 12.0 Å². The summed E-state index contributed by atoms with van der Waals surface area (Å²) in [5.41, 5.74) is 6.25. The zero-order valence-electron chi connectivity index (χ0n) is 10.4. The van der Waals surface area contributed by atoms with E-state index in [4.69, 9.17) is 10.5 Å². The Morgan fingerprint density at radius 1 is 1.21 bits per heavy atom. The third kappa shape index (κ3) is 3.19. The summed E-state index contributed by atoms with van der Waals surface area (Å²) in [5.74, 6) is 0.373. The van der Waals surface area contributed by atoms with E-state index in [0.29, 0.717) is 11.6 Å². The Balaban J connectivity index is 2.24. The molecular formula is C13H14N4O2. The van der Waals surface area contributed by atoms with Crippen LogP contribution in [0, 0.1) is 0 Å². The van der Waals surface area contributed by atoms with Gasteiger partial charge >= 0.3 is 5.97 Å². The second-order valence-corrected chi connectivity index (χ2v) is 3.85. The van der Waals surface area contributed by atoms with Crippen LogP contribution in [0.15, 0.2) is 42.5 Å². The molecule has 2 aromatic rings. The number of hydrogen-bond donors (Lipinski definition) is 2. The summed E-state index contributed by atoms with van der Waals surface area (Å²) in [7, 11) is 1.34. The van der Waals surface area contributed by atoms with Crippen molar-refractivity contribution in [3.63, 3.8) is 0 Å². The summed E-state index contributed by atoms with van der Waals surface area (Å²) in [5, 5.41) is 10.6. The molecular weight excluding hydrogens is 244 g/mol. The number of esters is 1. The zero-order chi connectivity index (χ0) is 13.7. The van der Waals surface area contributed by atoms with Crippen LogP contribution in [0.5, 0.6) is 0 Å². The molecule has 0 amide bonds. The van der Waals surface area contributed by atoms with Gasteiger partial charge in [-0.1, -0.05) is 30.3 Å². The quantitative estimate of drug-likeness (QED) is 0.805.